The van der Waals surface area contributed by atoms with Crippen LogP contribution in [0.5, 0.6) is 0 Å². The van der Waals surface area contributed by atoms with E-state index >= 15 is 0 Å². The third kappa shape index (κ3) is 4.29. The molecule has 0 saturated carbocycles. The van der Waals surface area contributed by atoms with Gasteiger partial charge in [0.05, 0.1) is 32.0 Å². The van der Waals surface area contributed by atoms with Crippen LogP contribution in [-0.2, 0) is 14.3 Å². The highest BCUT2D eigenvalue weighted by Gasteiger charge is 2.32. The minimum absolute atomic E-state index is 0.0889. The zero-order valence-electron chi connectivity index (χ0n) is 11.9. The summed E-state index contributed by atoms with van der Waals surface area (Å²) >= 11 is 0. The summed E-state index contributed by atoms with van der Waals surface area (Å²) in [4.78, 5) is 26.3. The van der Waals surface area contributed by atoms with Gasteiger partial charge in [-0.2, -0.15) is 0 Å². The normalized spacial score (nSPS) is 24.1. The Hall–Kier alpha value is -1.38. The smallest absolute Gasteiger partial charge is 0.329 e. The highest BCUT2D eigenvalue weighted by molar-refractivity contribution is 5.75. The van der Waals surface area contributed by atoms with Gasteiger partial charge in [0.25, 0.3) is 0 Å². The lowest BCUT2D eigenvalue weighted by Gasteiger charge is -2.40. The molecule has 0 spiro atoms. The number of ether oxygens (including phenoxy) is 2. The van der Waals surface area contributed by atoms with E-state index in [0.717, 1.165) is 0 Å². The number of carboxylic acid groups (broad SMARTS) is 1. The van der Waals surface area contributed by atoms with Crippen LogP contribution in [-0.4, -0.2) is 90.2 Å². The number of amides is 2. The van der Waals surface area contributed by atoms with Crippen LogP contribution in [0.3, 0.4) is 0 Å². The number of aliphatic hydroxyl groups is 1. The van der Waals surface area contributed by atoms with E-state index in [9.17, 15) is 14.7 Å². The van der Waals surface area contributed by atoms with Gasteiger partial charge < -0.3 is 29.5 Å². The minimum atomic E-state index is -0.979. The highest BCUT2D eigenvalue weighted by atomic mass is 16.5. The van der Waals surface area contributed by atoms with Crippen LogP contribution in [0.1, 0.15) is 12.8 Å². The van der Waals surface area contributed by atoms with Crippen molar-refractivity contribution in [3.8, 4) is 0 Å². The molecular formula is C13H22N2O6. The number of aliphatic hydroxyl groups excluding tert-OH is 1. The predicted molar refractivity (Wildman–Crippen MR) is 72.0 cm³/mol. The number of hydrogen-bond donors (Lipinski definition) is 2. The Balaban J connectivity index is 1.80. The van der Waals surface area contributed by atoms with Crippen molar-refractivity contribution >= 4 is 12.0 Å². The second-order valence-corrected chi connectivity index (χ2v) is 5.28. The summed E-state index contributed by atoms with van der Waals surface area (Å²) in [5.74, 6) is -0.979. The number of rotatable bonds is 4. The first-order valence-corrected chi connectivity index (χ1v) is 7.19. The second-order valence-electron chi connectivity index (χ2n) is 5.28. The molecule has 2 N–H and O–H groups in total. The van der Waals surface area contributed by atoms with Gasteiger partial charge in [-0.3, -0.25) is 0 Å². The van der Waals surface area contributed by atoms with Gasteiger partial charge in [-0.05, 0) is 12.8 Å². The Morgan fingerprint density at radius 1 is 1.24 bits per heavy atom. The fourth-order valence-electron chi connectivity index (χ4n) is 2.64. The molecule has 1 unspecified atom stereocenters. The second kappa shape index (κ2) is 7.58. The van der Waals surface area contributed by atoms with Crippen LogP contribution >= 0.6 is 0 Å². The number of piperidine rings is 1. The highest BCUT2D eigenvalue weighted by Crippen LogP contribution is 2.17. The lowest BCUT2D eigenvalue weighted by atomic mass is 10.1. The van der Waals surface area contributed by atoms with Crippen molar-refractivity contribution in [1.82, 2.24) is 9.80 Å². The SMILES string of the molecule is O=C(O)COC1CCN(C(=O)N2CCOCC2CO)CC1. The first-order chi connectivity index (χ1) is 10.1. The average Bonchev–Trinajstić information content (AvgIpc) is 2.52. The standard InChI is InChI=1S/C13H22N2O6/c16-7-10-8-20-6-5-15(10)13(19)14-3-1-11(2-4-14)21-9-12(17)18/h10-11,16H,1-9H2,(H,17,18). The maximum absolute atomic E-state index is 12.4. The maximum Gasteiger partial charge on any atom is 0.329 e. The Labute approximate surface area is 123 Å². The number of carboxylic acids is 1. The Morgan fingerprint density at radius 3 is 2.57 bits per heavy atom. The van der Waals surface area contributed by atoms with Gasteiger partial charge in [-0.15, -0.1) is 0 Å². The topological polar surface area (TPSA) is 99.5 Å². The molecule has 0 aliphatic carbocycles. The van der Waals surface area contributed by atoms with Crippen LogP contribution in [0.25, 0.3) is 0 Å². The van der Waals surface area contributed by atoms with Crippen molar-refractivity contribution < 1.29 is 29.3 Å². The molecule has 2 amide bonds. The number of carbonyl (C=O) groups excluding carboxylic acids is 1. The number of nitrogens with zero attached hydrogens (tertiary/aromatic N) is 2. The average molecular weight is 302 g/mol. The molecule has 0 aromatic heterocycles. The van der Waals surface area contributed by atoms with Crippen molar-refractivity contribution in [3.63, 3.8) is 0 Å². The van der Waals surface area contributed by atoms with Gasteiger partial charge in [-0.25, -0.2) is 9.59 Å². The molecule has 0 bridgehead atoms. The van der Waals surface area contributed by atoms with E-state index in [2.05, 4.69) is 0 Å². The van der Waals surface area contributed by atoms with E-state index in [4.69, 9.17) is 14.6 Å². The first-order valence-electron chi connectivity index (χ1n) is 7.19. The molecule has 2 aliphatic heterocycles. The summed E-state index contributed by atoms with van der Waals surface area (Å²) in [7, 11) is 0. The van der Waals surface area contributed by atoms with Gasteiger partial charge in [0.2, 0.25) is 0 Å². The molecule has 2 rings (SSSR count). The molecule has 2 fully saturated rings. The predicted octanol–water partition coefficient (Wildman–Crippen LogP) is -0.635. The zero-order chi connectivity index (χ0) is 15.2. The van der Waals surface area contributed by atoms with E-state index in [1.807, 2.05) is 0 Å². The van der Waals surface area contributed by atoms with E-state index in [1.54, 1.807) is 9.80 Å². The van der Waals surface area contributed by atoms with Gasteiger partial charge in [-0.1, -0.05) is 0 Å². The van der Waals surface area contributed by atoms with Gasteiger partial charge in [0, 0.05) is 19.6 Å². The lowest BCUT2D eigenvalue weighted by molar-refractivity contribution is -0.145. The fourth-order valence-corrected chi connectivity index (χ4v) is 2.64. The van der Waals surface area contributed by atoms with Crippen molar-refractivity contribution in [2.45, 2.75) is 25.0 Å². The van der Waals surface area contributed by atoms with Crippen LogP contribution in [0.15, 0.2) is 0 Å². The van der Waals surface area contributed by atoms with Crippen molar-refractivity contribution in [2.24, 2.45) is 0 Å². The van der Waals surface area contributed by atoms with E-state index < -0.39 is 5.97 Å². The zero-order valence-corrected chi connectivity index (χ0v) is 11.9. The van der Waals surface area contributed by atoms with Crippen molar-refractivity contribution in [3.05, 3.63) is 0 Å². The van der Waals surface area contributed by atoms with Crippen molar-refractivity contribution in [1.29, 1.82) is 0 Å². The number of hydrogen-bond acceptors (Lipinski definition) is 5. The van der Waals surface area contributed by atoms with Gasteiger partial charge in [0.15, 0.2) is 0 Å². The van der Waals surface area contributed by atoms with E-state index in [1.165, 1.54) is 0 Å². The monoisotopic (exact) mass is 302 g/mol. The molecule has 2 saturated heterocycles. The molecule has 21 heavy (non-hydrogen) atoms. The molecule has 8 nitrogen and oxygen atoms in total. The molecule has 1 atom stereocenters. The Morgan fingerprint density at radius 2 is 1.95 bits per heavy atom. The number of urea groups is 1. The van der Waals surface area contributed by atoms with Crippen LogP contribution in [0, 0.1) is 0 Å². The minimum Gasteiger partial charge on any atom is -0.480 e. The van der Waals surface area contributed by atoms with E-state index in [-0.39, 0.29) is 31.4 Å². The molecule has 0 aromatic carbocycles. The number of aliphatic carboxylic acids is 1. The van der Waals surface area contributed by atoms with Crippen LogP contribution in [0.2, 0.25) is 0 Å². The number of carbonyl (C=O) groups is 2. The summed E-state index contributed by atoms with van der Waals surface area (Å²) in [5.41, 5.74) is 0. The lowest BCUT2D eigenvalue weighted by Crippen LogP contribution is -2.56. The molecular weight excluding hydrogens is 280 g/mol. The molecule has 0 radical (unpaired) electrons. The molecule has 2 aliphatic rings. The molecule has 8 heteroatoms. The Bertz CT molecular complexity index is 370. The number of likely N-dealkylation sites (tertiary alicyclic amines) is 1. The van der Waals surface area contributed by atoms with Gasteiger partial charge in [0.1, 0.15) is 6.61 Å². The summed E-state index contributed by atoms with van der Waals surface area (Å²) in [6.07, 6.45) is 1.16. The summed E-state index contributed by atoms with van der Waals surface area (Å²) in [6.45, 7) is 2.01. The van der Waals surface area contributed by atoms with E-state index in [0.29, 0.717) is 45.7 Å². The molecule has 2 heterocycles. The summed E-state index contributed by atoms with van der Waals surface area (Å²) < 4.78 is 10.5. The third-order valence-electron chi connectivity index (χ3n) is 3.84. The van der Waals surface area contributed by atoms with Crippen LogP contribution < -0.4 is 0 Å². The van der Waals surface area contributed by atoms with Gasteiger partial charge >= 0.3 is 12.0 Å². The third-order valence-corrected chi connectivity index (χ3v) is 3.84. The maximum atomic E-state index is 12.4. The Kier molecular flexibility index (Phi) is 5.77. The molecule has 120 valence electrons. The fraction of sp³-hybridized carbons (Fsp3) is 0.846. The summed E-state index contributed by atoms with van der Waals surface area (Å²) in [6, 6.07) is -0.374. The number of morpholine rings is 1. The van der Waals surface area contributed by atoms with Crippen LogP contribution in [0.4, 0.5) is 4.79 Å². The first kappa shape index (κ1) is 16.0. The largest absolute Gasteiger partial charge is 0.480 e. The molecule has 0 aromatic rings. The quantitative estimate of drug-likeness (QED) is 0.717. The van der Waals surface area contributed by atoms with Crippen molar-refractivity contribution in [2.75, 3.05) is 46.1 Å². The summed E-state index contributed by atoms with van der Waals surface area (Å²) in [5, 5.41) is 17.9.